The third-order valence-electron chi connectivity index (χ3n) is 2.43. The lowest BCUT2D eigenvalue weighted by atomic mass is 10.0. The average Bonchev–Trinajstić information content (AvgIpc) is 2.15. The fourth-order valence-corrected chi connectivity index (χ4v) is 1.39. The smallest absolute Gasteiger partial charge is 0.238 e. The van der Waals surface area contributed by atoms with Gasteiger partial charge < -0.3 is 15.0 Å². The summed E-state index contributed by atoms with van der Waals surface area (Å²) in [4.78, 5) is 13.2. The molecule has 0 aliphatic carbocycles. The van der Waals surface area contributed by atoms with Gasteiger partial charge in [0.1, 0.15) is 0 Å². The van der Waals surface area contributed by atoms with Crippen molar-refractivity contribution in [2.75, 3.05) is 27.8 Å². The molecule has 4 heteroatoms. The zero-order valence-corrected chi connectivity index (χ0v) is 10.7. The van der Waals surface area contributed by atoms with Crippen LogP contribution in [0.4, 0.5) is 0 Å². The number of likely N-dealkylation sites (N-methyl/N-ethyl adjacent to an activating group) is 1. The van der Waals surface area contributed by atoms with Crippen LogP contribution in [0.3, 0.4) is 0 Å². The largest absolute Gasteiger partial charge is 0.383 e. The van der Waals surface area contributed by atoms with Crippen LogP contribution in [-0.4, -0.2) is 50.7 Å². The van der Waals surface area contributed by atoms with Crippen LogP contribution in [0.5, 0.6) is 0 Å². The molecule has 90 valence electrons. The molecule has 2 atom stereocenters. The number of hydrogen-bond donors (Lipinski definition) is 1. The van der Waals surface area contributed by atoms with E-state index >= 15 is 0 Å². The molecule has 0 saturated carbocycles. The van der Waals surface area contributed by atoms with Crippen molar-refractivity contribution in [1.29, 1.82) is 0 Å². The van der Waals surface area contributed by atoms with Gasteiger partial charge in [0.2, 0.25) is 5.91 Å². The summed E-state index contributed by atoms with van der Waals surface area (Å²) in [6.45, 7) is 6.74. The highest BCUT2D eigenvalue weighted by Crippen LogP contribution is 2.04. The number of amides is 1. The Hall–Kier alpha value is -0.610. The number of carbonyl (C=O) groups excluding carboxylic acids is 1. The molecular weight excluding hydrogens is 192 g/mol. The molecule has 0 radical (unpaired) electrons. The van der Waals surface area contributed by atoms with Crippen LogP contribution in [0, 0.1) is 5.92 Å². The highest BCUT2D eigenvalue weighted by molar-refractivity contribution is 5.80. The van der Waals surface area contributed by atoms with E-state index in [4.69, 9.17) is 4.74 Å². The van der Waals surface area contributed by atoms with Gasteiger partial charge in [0.15, 0.2) is 0 Å². The molecule has 2 unspecified atom stereocenters. The van der Waals surface area contributed by atoms with E-state index in [1.807, 2.05) is 6.92 Å². The van der Waals surface area contributed by atoms with Crippen LogP contribution in [0.25, 0.3) is 0 Å². The Labute approximate surface area is 93.0 Å². The van der Waals surface area contributed by atoms with Crippen molar-refractivity contribution in [3.63, 3.8) is 0 Å². The Balaban J connectivity index is 4.21. The van der Waals surface area contributed by atoms with Gasteiger partial charge >= 0.3 is 0 Å². The fourth-order valence-electron chi connectivity index (χ4n) is 1.39. The van der Waals surface area contributed by atoms with Gasteiger partial charge in [-0.1, -0.05) is 13.8 Å². The van der Waals surface area contributed by atoms with E-state index in [0.29, 0.717) is 12.5 Å². The SMILES string of the molecule is COCC(NC(C)C(=O)N(C)C)C(C)C. The number of nitrogens with one attached hydrogen (secondary N) is 1. The minimum Gasteiger partial charge on any atom is -0.383 e. The third kappa shape index (κ3) is 5.14. The average molecular weight is 216 g/mol. The molecule has 1 amide bonds. The lowest BCUT2D eigenvalue weighted by Gasteiger charge is -2.26. The first-order valence-electron chi connectivity index (χ1n) is 5.36. The van der Waals surface area contributed by atoms with Crippen LogP contribution in [0.15, 0.2) is 0 Å². The summed E-state index contributed by atoms with van der Waals surface area (Å²) in [5.74, 6) is 0.541. The summed E-state index contributed by atoms with van der Waals surface area (Å²) in [6, 6.07) is 0.0523. The molecule has 0 heterocycles. The molecule has 0 saturated heterocycles. The van der Waals surface area contributed by atoms with Gasteiger partial charge in [0.25, 0.3) is 0 Å². The van der Waals surface area contributed by atoms with E-state index in [-0.39, 0.29) is 18.0 Å². The van der Waals surface area contributed by atoms with Crippen LogP contribution >= 0.6 is 0 Å². The summed E-state index contributed by atoms with van der Waals surface area (Å²) in [5, 5.41) is 3.28. The van der Waals surface area contributed by atoms with Crippen molar-refractivity contribution in [3.8, 4) is 0 Å². The number of rotatable bonds is 6. The summed E-state index contributed by atoms with van der Waals surface area (Å²) in [7, 11) is 5.21. The fraction of sp³-hybridized carbons (Fsp3) is 0.909. The maximum absolute atomic E-state index is 11.6. The lowest BCUT2D eigenvalue weighted by molar-refractivity contribution is -0.130. The Bertz CT molecular complexity index is 193. The van der Waals surface area contributed by atoms with E-state index in [1.165, 1.54) is 0 Å². The van der Waals surface area contributed by atoms with E-state index in [0.717, 1.165) is 0 Å². The second-order valence-corrected chi connectivity index (χ2v) is 4.43. The van der Waals surface area contributed by atoms with E-state index in [1.54, 1.807) is 26.1 Å². The van der Waals surface area contributed by atoms with Gasteiger partial charge in [0.05, 0.1) is 12.6 Å². The molecule has 0 spiro atoms. The van der Waals surface area contributed by atoms with Crippen molar-refractivity contribution in [1.82, 2.24) is 10.2 Å². The van der Waals surface area contributed by atoms with Crippen molar-refractivity contribution < 1.29 is 9.53 Å². The molecule has 4 nitrogen and oxygen atoms in total. The summed E-state index contributed by atoms with van der Waals surface area (Å²) in [5.41, 5.74) is 0. The predicted octanol–water partition coefficient (Wildman–Crippen LogP) is 0.724. The summed E-state index contributed by atoms with van der Waals surface area (Å²) >= 11 is 0. The van der Waals surface area contributed by atoms with Gasteiger partial charge in [-0.05, 0) is 12.8 Å². The second kappa shape index (κ2) is 6.80. The van der Waals surface area contributed by atoms with E-state index in [9.17, 15) is 4.79 Å². The number of nitrogens with zero attached hydrogens (tertiary/aromatic N) is 1. The quantitative estimate of drug-likeness (QED) is 0.711. The van der Waals surface area contributed by atoms with Gasteiger partial charge in [-0.2, -0.15) is 0 Å². The first-order valence-corrected chi connectivity index (χ1v) is 5.36. The maximum atomic E-state index is 11.6. The van der Waals surface area contributed by atoms with Crippen molar-refractivity contribution >= 4 is 5.91 Å². The van der Waals surface area contributed by atoms with Gasteiger partial charge in [-0.25, -0.2) is 0 Å². The van der Waals surface area contributed by atoms with E-state index < -0.39 is 0 Å². The van der Waals surface area contributed by atoms with Crippen LogP contribution in [-0.2, 0) is 9.53 Å². The van der Waals surface area contributed by atoms with Gasteiger partial charge in [-0.15, -0.1) is 0 Å². The minimum absolute atomic E-state index is 0.0942. The lowest BCUT2D eigenvalue weighted by Crippen LogP contribution is -2.49. The molecule has 1 N–H and O–H groups in total. The molecule has 0 bridgehead atoms. The van der Waals surface area contributed by atoms with Crippen LogP contribution in [0.2, 0.25) is 0 Å². The standard InChI is InChI=1S/C11H24N2O2/c1-8(2)10(7-15-6)12-9(3)11(14)13(4)5/h8-10,12H,7H2,1-6H3. The van der Waals surface area contributed by atoms with Crippen molar-refractivity contribution in [2.24, 2.45) is 5.92 Å². The first kappa shape index (κ1) is 14.4. The minimum atomic E-state index is -0.164. The summed E-state index contributed by atoms with van der Waals surface area (Å²) in [6.07, 6.45) is 0. The predicted molar refractivity (Wildman–Crippen MR) is 61.8 cm³/mol. The van der Waals surface area contributed by atoms with Crippen LogP contribution < -0.4 is 5.32 Å². The molecule has 0 aromatic heterocycles. The van der Waals surface area contributed by atoms with Crippen molar-refractivity contribution in [3.05, 3.63) is 0 Å². The number of ether oxygens (including phenoxy) is 1. The molecule has 0 aromatic rings. The Morgan fingerprint density at radius 2 is 1.87 bits per heavy atom. The highest BCUT2D eigenvalue weighted by atomic mass is 16.5. The maximum Gasteiger partial charge on any atom is 0.238 e. The van der Waals surface area contributed by atoms with Crippen LogP contribution in [0.1, 0.15) is 20.8 Å². The second-order valence-electron chi connectivity index (χ2n) is 4.43. The Morgan fingerprint density at radius 3 is 2.20 bits per heavy atom. The highest BCUT2D eigenvalue weighted by Gasteiger charge is 2.20. The normalized spacial score (nSPS) is 15.1. The molecule has 15 heavy (non-hydrogen) atoms. The molecule has 0 aliphatic rings. The molecule has 0 rings (SSSR count). The molecule has 0 aliphatic heterocycles. The monoisotopic (exact) mass is 216 g/mol. The van der Waals surface area contributed by atoms with Gasteiger partial charge in [-0.3, -0.25) is 4.79 Å². The van der Waals surface area contributed by atoms with E-state index in [2.05, 4.69) is 19.2 Å². The third-order valence-corrected chi connectivity index (χ3v) is 2.43. The number of methoxy groups -OCH3 is 1. The Kier molecular flexibility index (Phi) is 6.52. The molecule has 0 fully saturated rings. The number of carbonyl (C=O) groups is 1. The van der Waals surface area contributed by atoms with Crippen molar-refractivity contribution in [2.45, 2.75) is 32.9 Å². The number of hydrogen-bond acceptors (Lipinski definition) is 3. The molecule has 0 aromatic carbocycles. The Morgan fingerprint density at radius 1 is 1.33 bits per heavy atom. The zero-order chi connectivity index (χ0) is 12.0. The molecular formula is C11H24N2O2. The summed E-state index contributed by atoms with van der Waals surface area (Å²) < 4.78 is 5.12. The van der Waals surface area contributed by atoms with Gasteiger partial charge in [0, 0.05) is 27.2 Å². The topological polar surface area (TPSA) is 41.6 Å². The first-order chi connectivity index (χ1) is 6.90. The zero-order valence-electron chi connectivity index (χ0n) is 10.7.